The minimum atomic E-state index is 0. The minimum Gasteiger partial charge on any atom is -0.357 e. The molecule has 1 aromatic carbocycles. The Labute approximate surface area is 174 Å². The fourth-order valence-corrected chi connectivity index (χ4v) is 3.25. The van der Waals surface area contributed by atoms with Crippen molar-refractivity contribution >= 4 is 45.9 Å². The second kappa shape index (κ2) is 9.02. The molecule has 1 aliphatic carbocycles. The molecular formula is C18H25BrIN5. The Morgan fingerprint density at radius 1 is 1.32 bits per heavy atom. The third-order valence-corrected chi connectivity index (χ3v) is 5.04. The summed E-state index contributed by atoms with van der Waals surface area (Å²) in [7, 11) is 1.94. The van der Waals surface area contributed by atoms with E-state index in [0.29, 0.717) is 6.54 Å². The van der Waals surface area contributed by atoms with Crippen LogP contribution in [0.3, 0.4) is 0 Å². The number of hydrogen-bond donors (Lipinski definition) is 2. The maximum absolute atomic E-state index is 4.68. The van der Waals surface area contributed by atoms with Gasteiger partial charge in [-0.2, -0.15) is 5.10 Å². The van der Waals surface area contributed by atoms with Crippen LogP contribution < -0.4 is 10.6 Å². The van der Waals surface area contributed by atoms with Gasteiger partial charge in [-0.15, -0.1) is 24.0 Å². The van der Waals surface area contributed by atoms with Gasteiger partial charge >= 0.3 is 0 Å². The zero-order valence-electron chi connectivity index (χ0n) is 14.6. The Bertz CT molecular complexity index is 724. The van der Waals surface area contributed by atoms with Crippen LogP contribution in [0.25, 0.3) is 0 Å². The van der Waals surface area contributed by atoms with E-state index >= 15 is 0 Å². The molecule has 2 aromatic rings. The maximum Gasteiger partial charge on any atom is 0.191 e. The fraction of sp³-hybridized carbons (Fsp3) is 0.444. The van der Waals surface area contributed by atoms with Crippen LogP contribution in [0, 0.1) is 0 Å². The van der Waals surface area contributed by atoms with Crippen LogP contribution in [-0.2, 0) is 19.0 Å². The molecular weight excluding hydrogens is 493 g/mol. The zero-order valence-corrected chi connectivity index (χ0v) is 18.5. The molecule has 0 spiro atoms. The van der Waals surface area contributed by atoms with Gasteiger partial charge in [0.15, 0.2) is 5.96 Å². The molecule has 7 heteroatoms. The van der Waals surface area contributed by atoms with Crippen molar-refractivity contribution in [3.63, 3.8) is 0 Å². The minimum absolute atomic E-state index is 0. The van der Waals surface area contributed by atoms with Gasteiger partial charge in [0.05, 0.1) is 12.2 Å². The predicted molar refractivity (Wildman–Crippen MR) is 116 cm³/mol. The van der Waals surface area contributed by atoms with Crippen molar-refractivity contribution in [2.45, 2.75) is 31.7 Å². The largest absolute Gasteiger partial charge is 0.357 e. The smallest absolute Gasteiger partial charge is 0.191 e. The summed E-state index contributed by atoms with van der Waals surface area (Å²) in [5.74, 6) is 0.861. The van der Waals surface area contributed by atoms with Crippen LogP contribution in [-0.4, -0.2) is 28.8 Å². The molecule has 1 fully saturated rings. The molecule has 0 amide bonds. The third kappa shape index (κ3) is 5.20. The second-order valence-electron chi connectivity index (χ2n) is 6.29. The molecule has 0 bridgehead atoms. The number of rotatable bonds is 6. The lowest BCUT2D eigenvalue weighted by atomic mass is 9.96. The van der Waals surface area contributed by atoms with Gasteiger partial charge in [-0.05, 0) is 43.5 Å². The highest BCUT2D eigenvalue weighted by Crippen LogP contribution is 2.48. The van der Waals surface area contributed by atoms with Crippen LogP contribution in [0.2, 0.25) is 0 Å². The lowest BCUT2D eigenvalue weighted by molar-refractivity contribution is 0.643. The molecule has 2 N–H and O–H groups in total. The monoisotopic (exact) mass is 517 g/mol. The highest BCUT2D eigenvalue weighted by atomic mass is 127. The first-order valence-corrected chi connectivity index (χ1v) is 9.17. The van der Waals surface area contributed by atoms with Crippen LogP contribution in [0.1, 0.15) is 31.0 Å². The molecule has 0 radical (unpaired) electrons. The van der Waals surface area contributed by atoms with E-state index in [9.17, 15) is 0 Å². The van der Waals surface area contributed by atoms with Crippen molar-refractivity contribution in [2.75, 3.05) is 13.1 Å². The van der Waals surface area contributed by atoms with Crippen molar-refractivity contribution in [2.24, 2.45) is 12.0 Å². The third-order valence-electron chi connectivity index (χ3n) is 4.55. The fourth-order valence-electron chi connectivity index (χ4n) is 2.85. The Balaban J connectivity index is 0.00000225. The van der Waals surface area contributed by atoms with Crippen LogP contribution >= 0.6 is 39.9 Å². The summed E-state index contributed by atoms with van der Waals surface area (Å²) in [6.07, 6.45) is 4.24. The molecule has 0 atom stereocenters. The highest BCUT2D eigenvalue weighted by Gasteiger charge is 2.44. The summed E-state index contributed by atoms with van der Waals surface area (Å²) in [6.45, 7) is 4.46. The van der Waals surface area contributed by atoms with E-state index in [2.05, 4.69) is 67.8 Å². The van der Waals surface area contributed by atoms with E-state index < -0.39 is 0 Å². The van der Waals surface area contributed by atoms with E-state index in [0.717, 1.165) is 29.2 Å². The van der Waals surface area contributed by atoms with Crippen LogP contribution in [0.15, 0.2) is 46.0 Å². The van der Waals surface area contributed by atoms with E-state index in [1.54, 1.807) is 6.20 Å². The highest BCUT2D eigenvalue weighted by molar-refractivity contribution is 14.0. The van der Waals surface area contributed by atoms with Crippen molar-refractivity contribution in [1.29, 1.82) is 0 Å². The number of benzene rings is 1. The van der Waals surface area contributed by atoms with Crippen molar-refractivity contribution in [1.82, 2.24) is 20.4 Å². The summed E-state index contributed by atoms with van der Waals surface area (Å²) in [5.41, 5.74) is 2.74. The predicted octanol–water partition coefficient (Wildman–Crippen LogP) is 3.59. The lowest BCUT2D eigenvalue weighted by Gasteiger charge is -2.19. The molecule has 1 saturated carbocycles. The van der Waals surface area contributed by atoms with Gasteiger partial charge in [0.2, 0.25) is 0 Å². The molecule has 0 saturated heterocycles. The Kier molecular flexibility index (Phi) is 7.30. The molecule has 5 nitrogen and oxygen atoms in total. The normalized spacial score (nSPS) is 15.4. The number of halogens is 2. The average molecular weight is 518 g/mol. The molecule has 0 aliphatic heterocycles. The summed E-state index contributed by atoms with van der Waals surface area (Å²) < 4.78 is 3.00. The van der Waals surface area contributed by atoms with E-state index in [1.165, 1.54) is 18.4 Å². The molecule has 25 heavy (non-hydrogen) atoms. The zero-order chi connectivity index (χ0) is 17.0. The molecule has 0 unspecified atom stereocenters. The van der Waals surface area contributed by atoms with Crippen LogP contribution in [0.5, 0.6) is 0 Å². The van der Waals surface area contributed by atoms with Crippen molar-refractivity contribution < 1.29 is 0 Å². The maximum atomic E-state index is 4.68. The Hall–Kier alpha value is -1.09. The molecule has 1 heterocycles. The van der Waals surface area contributed by atoms with Gasteiger partial charge in [-0.3, -0.25) is 4.68 Å². The summed E-state index contributed by atoms with van der Waals surface area (Å²) in [4.78, 5) is 4.68. The van der Waals surface area contributed by atoms with Crippen molar-refractivity contribution in [3.8, 4) is 0 Å². The first-order chi connectivity index (χ1) is 11.6. The van der Waals surface area contributed by atoms with Gasteiger partial charge in [-0.25, -0.2) is 4.99 Å². The Morgan fingerprint density at radius 3 is 2.72 bits per heavy atom. The summed E-state index contributed by atoms with van der Waals surface area (Å²) in [5, 5.41) is 11.0. The van der Waals surface area contributed by atoms with Gasteiger partial charge in [-0.1, -0.05) is 28.1 Å². The number of nitrogens with one attached hydrogen (secondary N) is 2. The molecule has 1 aromatic heterocycles. The van der Waals surface area contributed by atoms with Crippen LogP contribution in [0.4, 0.5) is 0 Å². The SMILES string of the molecule is CCNC(=NCc1ccnn1C)NCC1(c2cccc(Br)c2)CC1.I. The lowest BCUT2D eigenvalue weighted by Crippen LogP contribution is -2.41. The average Bonchev–Trinajstić information content (AvgIpc) is 3.26. The standard InChI is InChI=1S/C18H24BrN5.HI/c1-3-20-17(21-12-16-7-10-23-24(16)2)22-13-18(8-9-18)14-5-4-6-15(19)11-14;/h4-7,10-11H,3,8-9,12-13H2,1-2H3,(H2,20,21,22);1H. The molecule has 136 valence electrons. The quantitative estimate of drug-likeness (QED) is 0.350. The molecule has 3 rings (SSSR count). The van der Waals surface area contributed by atoms with Gasteiger partial charge < -0.3 is 10.6 Å². The first kappa shape index (κ1) is 20.2. The van der Waals surface area contributed by atoms with Crippen molar-refractivity contribution in [3.05, 3.63) is 52.3 Å². The van der Waals surface area contributed by atoms with E-state index in [1.807, 2.05) is 17.8 Å². The number of guanidine groups is 1. The summed E-state index contributed by atoms with van der Waals surface area (Å²) in [6, 6.07) is 10.6. The number of hydrogen-bond acceptors (Lipinski definition) is 2. The number of aryl methyl sites for hydroxylation is 1. The number of nitrogens with zero attached hydrogens (tertiary/aromatic N) is 3. The second-order valence-corrected chi connectivity index (χ2v) is 7.20. The first-order valence-electron chi connectivity index (χ1n) is 8.38. The van der Waals surface area contributed by atoms with Gasteiger partial charge in [0.1, 0.15) is 0 Å². The van der Waals surface area contributed by atoms with E-state index in [4.69, 9.17) is 0 Å². The number of aliphatic imine (C=N–C) groups is 1. The van der Waals surface area contributed by atoms with Gasteiger partial charge in [0, 0.05) is 36.2 Å². The van der Waals surface area contributed by atoms with E-state index in [-0.39, 0.29) is 29.4 Å². The van der Waals surface area contributed by atoms with Gasteiger partial charge in [0.25, 0.3) is 0 Å². The molecule has 1 aliphatic rings. The number of aromatic nitrogens is 2. The Morgan fingerprint density at radius 2 is 2.12 bits per heavy atom. The summed E-state index contributed by atoms with van der Waals surface area (Å²) >= 11 is 3.58. The topological polar surface area (TPSA) is 54.2 Å².